The van der Waals surface area contributed by atoms with E-state index in [1.165, 1.54) is 44.5 Å². The van der Waals surface area contributed by atoms with Crippen LogP contribution in [0, 0.1) is 0 Å². The number of aromatic nitrogens is 4. The fraction of sp³-hybridized carbons (Fsp3) is 0.0645. The molecule has 0 N–H and O–H groups in total. The van der Waals surface area contributed by atoms with Crippen molar-refractivity contribution in [2.75, 3.05) is 0 Å². The summed E-state index contributed by atoms with van der Waals surface area (Å²) < 4.78 is 2.27. The Labute approximate surface area is 200 Å². The van der Waals surface area contributed by atoms with E-state index in [1.54, 1.807) is 0 Å². The van der Waals surface area contributed by atoms with Crippen LogP contribution in [0.25, 0.3) is 60.7 Å². The molecule has 35 heavy (non-hydrogen) atoms. The number of nitrogens with zero attached hydrogens (tertiary/aromatic N) is 4. The first kappa shape index (κ1) is 17.8. The minimum absolute atomic E-state index is 0.941. The van der Waals surface area contributed by atoms with E-state index in [2.05, 4.69) is 70.0 Å². The van der Waals surface area contributed by atoms with Gasteiger partial charge in [0.05, 0.1) is 28.3 Å². The quantitative estimate of drug-likeness (QED) is 0.243. The highest BCUT2D eigenvalue weighted by molar-refractivity contribution is 6.12. The summed E-state index contributed by atoms with van der Waals surface area (Å²) in [6, 6.07) is 24.4. The van der Waals surface area contributed by atoms with Gasteiger partial charge in [0.2, 0.25) is 0 Å². The van der Waals surface area contributed by atoms with E-state index >= 15 is 0 Å². The van der Waals surface area contributed by atoms with E-state index in [-0.39, 0.29) is 0 Å². The van der Waals surface area contributed by atoms with Crippen LogP contribution >= 0.6 is 0 Å². The van der Waals surface area contributed by atoms with E-state index in [9.17, 15) is 0 Å². The highest BCUT2D eigenvalue weighted by Crippen LogP contribution is 2.50. The van der Waals surface area contributed by atoms with Gasteiger partial charge in [-0.25, -0.2) is 4.98 Å². The van der Waals surface area contributed by atoms with Crippen LogP contribution in [0.1, 0.15) is 22.3 Å². The number of benzene rings is 3. The van der Waals surface area contributed by atoms with Crippen LogP contribution in [0.3, 0.4) is 0 Å². The van der Waals surface area contributed by atoms with Crippen LogP contribution in [0.4, 0.5) is 0 Å². The van der Waals surface area contributed by atoms with Gasteiger partial charge in [0.1, 0.15) is 5.65 Å². The van der Waals surface area contributed by atoms with E-state index in [0.717, 1.165) is 51.3 Å². The SMILES string of the molecule is c1ccc2c(c1)Cc1ccc3c(c1-2)-c1cc2nc4c5cccnc5c5ccncc5n4c2cc1C3. The number of pyridine rings is 3. The molecule has 0 saturated heterocycles. The molecule has 0 aliphatic heterocycles. The predicted molar refractivity (Wildman–Crippen MR) is 140 cm³/mol. The molecule has 4 heteroatoms. The Kier molecular flexibility index (Phi) is 3.11. The smallest absolute Gasteiger partial charge is 0.148 e. The minimum atomic E-state index is 0.941. The molecule has 0 bridgehead atoms. The predicted octanol–water partition coefficient (Wildman–Crippen LogP) is 6.73. The lowest BCUT2D eigenvalue weighted by Crippen LogP contribution is -1.93. The van der Waals surface area contributed by atoms with Crippen LogP contribution in [-0.4, -0.2) is 19.4 Å². The van der Waals surface area contributed by atoms with Crippen LogP contribution in [0.15, 0.2) is 85.3 Å². The molecule has 0 amide bonds. The topological polar surface area (TPSA) is 43.1 Å². The van der Waals surface area contributed by atoms with Gasteiger partial charge in [-0.05, 0) is 87.7 Å². The van der Waals surface area contributed by atoms with Gasteiger partial charge in [-0.1, -0.05) is 36.4 Å². The second kappa shape index (κ2) is 6.10. The van der Waals surface area contributed by atoms with Crippen LogP contribution < -0.4 is 0 Å². The third kappa shape index (κ3) is 2.15. The van der Waals surface area contributed by atoms with Crippen molar-refractivity contribution in [1.82, 2.24) is 19.4 Å². The standard InChI is InChI=1S/C31H18N4/c1-2-5-21-17(4-1)12-18-7-8-19-13-20-14-26-25(15-24(20)29(19)28(18)21)34-31-23-6-3-10-33-30(23)22-9-11-32-16-27(22)35(26)31/h1-11,14-16H,12-13H2. The Hall–Kier alpha value is -4.57. The van der Waals surface area contributed by atoms with Gasteiger partial charge in [-0.3, -0.25) is 14.4 Å². The molecule has 162 valence electrons. The molecule has 2 aliphatic rings. The molecule has 0 fully saturated rings. The minimum Gasteiger partial charge on any atom is -0.290 e. The van der Waals surface area contributed by atoms with Gasteiger partial charge in [0, 0.05) is 23.2 Å². The molecular formula is C31H18N4. The van der Waals surface area contributed by atoms with Gasteiger partial charge in [0.15, 0.2) is 0 Å². The normalized spacial score (nSPS) is 13.5. The first-order chi connectivity index (χ1) is 17.3. The Morgan fingerprint density at radius 1 is 0.657 bits per heavy atom. The van der Waals surface area contributed by atoms with Gasteiger partial charge in [-0.15, -0.1) is 0 Å². The lowest BCUT2D eigenvalue weighted by molar-refractivity contribution is 1.23. The summed E-state index contributed by atoms with van der Waals surface area (Å²) in [5.41, 5.74) is 16.3. The summed E-state index contributed by atoms with van der Waals surface area (Å²) in [5, 5.41) is 2.17. The van der Waals surface area contributed by atoms with Gasteiger partial charge >= 0.3 is 0 Å². The van der Waals surface area contributed by atoms with E-state index in [0.29, 0.717) is 0 Å². The van der Waals surface area contributed by atoms with Crippen molar-refractivity contribution in [1.29, 1.82) is 0 Å². The maximum absolute atomic E-state index is 5.18. The number of hydrogen-bond donors (Lipinski definition) is 0. The van der Waals surface area contributed by atoms with Gasteiger partial charge < -0.3 is 0 Å². The molecule has 4 aromatic heterocycles. The molecule has 0 saturated carbocycles. The molecule has 0 spiro atoms. The van der Waals surface area contributed by atoms with Crippen molar-refractivity contribution >= 4 is 38.5 Å². The van der Waals surface area contributed by atoms with E-state index in [1.807, 2.05) is 24.7 Å². The van der Waals surface area contributed by atoms with E-state index in [4.69, 9.17) is 9.97 Å². The van der Waals surface area contributed by atoms with Crippen molar-refractivity contribution in [3.63, 3.8) is 0 Å². The Balaban J connectivity index is 1.41. The Morgan fingerprint density at radius 3 is 2.46 bits per heavy atom. The summed E-state index contributed by atoms with van der Waals surface area (Å²) in [5.74, 6) is 0. The molecule has 0 atom stereocenters. The molecule has 3 aromatic carbocycles. The fourth-order valence-electron chi connectivity index (χ4n) is 6.46. The summed E-state index contributed by atoms with van der Waals surface area (Å²) in [7, 11) is 0. The van der Waals surface area contributed by atoms with Crippen molar-refractivity contribution in [2.45, 2.75) is 12.8 Å². The van der Waals surface area contributed by atoms with Crippen molar-refractivity contribution in [2.24, 2.45) is 0 Å². The van der Waals surface area contributed by atoms with E-state index < -0.39 is 0 Å². The number of rotatable bonds is 0. The molecule has 0 radical (unpaired) electrons. The van der Waals surface area contributed by atoms with Crippen LogP contribution in [0.5, 0.6) is 0 Å². The Bertz CT molecular complexity index is 2070. The lowest BCUT2D eigenvalue weighted by Gasteiger charge is -2.10. The number of imidazole rings is 1. The molecular weight excluding hydrogens is 428 g/mol. The van der Waals surface area contributed by atoms with Crippen LogP contribution in [0.2, 0.25) is 0 Å². The number of fused-ring (bicyclic) bond motifs is 15. The lowest BCUT2D eigenvalue weighted by atomic mass is 9.94. The third-order valence-electron chi connectivity index (χ3n) is 7.92. The molecule has 4 heterocycles. The Morgan fingerprint density at radius 2 is 1.51 bits per heavy atom. The molecule has 2 aliphatic carbocycles. The molecule has 4 nitrogen and oxygen atoms in total. The zero-order chi connectivity index (χ0) is 22.7. The van der Waals surface area contributed by atoms with Crippen molar-refractivity contribution < 1.29 is 0 Å². The third-order valence-corrected chi connectivity index (χ3v) is 7.92. The summed E-state index contributed by atoms with van der Waals surface area (Å²) in [6.07, 6.45) is 7.60. The summed E-state index contributed by atoms with van der Waals surface area (Å²) in [4.78, 5) is 14.3. The van der Waals surface area contributed by atoms with Gasteiger partial charge in [0.25, 0.3) is 0 Å². The average molecular weight is 447 g/mol. The maximum Gasteiger partial charge on any atom is 0.148 e. The van der Waals surface area contributed by atoms with Gasteiger partial charge in [-0.2, -0.15) is 0 Å². The monoisotopic (exact) mass is 446 g/mol. The van der Waals surface area contributed by atoms with Crippen molar-refractivity contribution in [3.8, 4) is 22.3 Å². The first-order valence-corrected chi connectivity index (χ1v) is 12.0. The average Bonchev–Trinajstić information content (AvgIpc) is 3.58. The number of hydrogen-bond acceptors (Lipinski definition) is 3. The summed E-state index contributed by atoms with van der Waals surface area (Å²) >= 11 is 0. The zero-order valence-electron chi connectivity index (χ0n) is 18.8. The summed E-state index contributed by atoms with van der Waals surface area (Å²) in [6.45, 7) is 0. The highest BCUT2D eigenvalue weighted by atomic mass is 15.0. The zero-order valence-corrected chi connectivity index (χ0v) is 18.8. The van der Waals surface area contributed by atoms with Crippen LogP contribution in [-0.2, 0) is 12.8 Å². The van der Waals surface area contributed by atoms with Crippen molar-refractivity contribution in [3.05, 3.63) is 108 Å². The molecule has 9 rings (SSSR count). The second-order valence-electron chi connectivity index (χ2n) is 9.71. The highest BCUT2D eigenvalue weighted by Gasteiger charge is 2.29. The largest absolute Gasteiger partial charge is 0.290 e. The second-order valence-corrected chi connectivity index (χ2v) is 9.71. The fourth-order valence-corrected chi connectivity index (χ4v) is 6.46. The molecule has 7 aromatic rings. The molecule has 0 unspecified atom stereocenters. The maximum atomic E-state index is 5.18. The first-order valence-electron chi connectivity index (χ1n) is 12.0.